The van der Waals surface area contributed by atoms with Crippen molar-refractivity contribution in [3.05, 3.63) is 30.1 Å². The van der Waals surface area contributed by atoms with Gasteiger partial charge in [-0.05, 0) is 36.5 Å². The molecule has 1 atom stereocenters. The number of rotatable bonds is 6. The molecule has 0 radical (unpaired) electrons. The predicted octanol–water partition coefficient (Wildman–Crippen LogP) is 2.14. The molecule has 1 rings (SSSR count). The van der Waals surface area contributed by atoms with Crippen LogP contribution >= 0.6 is 0 Å². The van der Waals surface area contributed by atoms with Crippen LogP contribution in [0.1, 0.15) is 38.8 Å². The molecule has 3 heteroatoms. The number of aromatic nitrogens is 1. The van der Waals surface area contributed by atoms with E-state index in [4.69, 9.17) is 5.11 Å². The molecule has 1 aromatic heterocycles. The molecule has 2 N–H and O–H groups in total. The van der Waals surface area contributed by atoms with Gasteiger partial charge in [0.15, 0.2) is 0 Å². The molecule has 3 nitrogen and oxygen atoms in total. The molecule has 1 unspecified atom stereocenters. The molecule has 0 fully saturated rings. The fourth-order valence-electron chi connectivity index (χ4n) is 1.59. The fraction of sp³-hybridized carbons (Fsp3) is 0.615. The third-order valence-corrected chi connectivity index (χ3v) is 2.88. The van der Waals surface area contributed by atoms with Crippen molar-refractivity contribution >= 4 is 0 Å². The van der Waals surface area contributed by atoms with Gasteiger partial charge in [0.25, 0.3) is 0 Å². The Bertz CT molecular complexity index is 298. The lowest BCUT2D eigenvalue weighted by molar-refractivity contribution is 0.204. The Morgan fingerprint density at radius 2 is 2.00 bits per heavy atom. The molecule has 90 valence electrons. The van der Waals surface area contributed by atoms with Crippen LogP contribution in [0.25, 0.3) is 0 Å². The Morgan fingerprint density at radius 1 is 1.38 bits per heavy atom. The SMILES string of the molecule is CC(NCC(C)(C)CCO)c1ccncc1. The second-order valence-electron chi connectivity index (χ2n) is 5.02. The van der Waals surface area contributed by atoms with Gasteiger partial charge in [0.1, 0.15) is 0 Å². The topological polar surface area (TPSA) is 45.1 Å². The van der Waals surface area contributed by atoms with Crippen molar-refractivity contribution in [2.45, 2.75) is 33.2 Å². The molecule has 16 heavy (non-hydrogen) atoms. The van der Waals surface area contributed by atoms with Gasteiger partial charge in [-0.1, -0.05) is 13.8 Å². The highest BCUT2D eigenvalue weighted by Gasteiger charge is 2.18. The van der Waals surface area contributed by atoms with Crippen LogP contribution in [0.4, 0.5) is 0 Å². The summed E-state index contributed by atoms with van der Waals surface area (Å²) in [6, 6.07) is 4.37. The largest absolute Gasteiger partial charge is 0.396 e. The molecule has 1 heterocycles. The van der Waals surface area contributed by atoms with E-state index in [0.29, 0.717) is 6.04 Å². The summed E-state index contributed by atoms with van der Waals surface area (Å²) in [4.78, 5) is 4.01. The zero-order chi connectivity index (χ0) is 12.0. The molecule has 0 aromatic carbocycles. The molecule has 0 aliphatic rings. The van der Waals surface area contributed by atoms with Crippen molar-refractivity contribution in [2.75, 3.05) is 13.2 Å². The van der Waals surface area contributed by atoms with Gasteiger partial charge in [-0.3, -0.25) is 4.98 Å². The van der Waals surface area contributed by atoms with Crippen LogP contribution < -0.4 is 5.32 Å². The lowest BCUT2D eigenvalue weighted by Crippen LogP contribution is -2.32. The minimum Gasteiger partial charge on any atom is -0.396 e. The van der Waals surface area contributed by atoms with Crippen LogP contribution in [-0.4, -0.2) is 23.2 Å². The number of nitrogens with one attached hydrogen (secondary N) is 1. The Kier molecular flexibility index (Phi) is 4.90. The second-order valence-corrected chi connectivity index (χ2v) is 5.02. The normalized spacial score (nSPS) is 13.8. The lowest BCUT2D eigenvalue weighted by atomic mass is 9.89. The monoisotopic (exact) mass is 222 g/mol. The van der Waals surface area contributed by atoms with E-state index < -0.39 is 0 Å². The highest BCUT2D eigenvalue weighted by Crippen LogP contribution is 2.20. The first-order valence-corrected chi connectivity index (χ1v) is 5.79. The van der Waals surface area contributed by atoms with Crippen molar-refractivity contribution in [3.8, 4) is 0 Å². The van der Waals surface area contributed by atoms with Crippen molar-refractivity contribution in [1.82, 2.24) is 10.3 Å². The maximum atomic E-state index is 8.95. The summed E-state index contributed by atoms with van der Waals surface area (Å²) in [6.45, 7) is 7.62. The van der Waals surface area contributed by atoms with Gasteiger partial charge in [-0.2, -0.15) is 0 Å². The highest BCUT2D eigenvalue weighted by molar-refractivity contribution is 5.13. The summed E-state index contributed by atoms with van der Waals surface area (Å²) in [5, 5.41) is 12.4. The van der Waals surface area contributed by atoms with Crippen molar-refractivity contribution in [3.63, 3.8) is 0 Å². The molecule has 1 aromatic rings. The van der Waals surface area contributed by atoms with Crippen LogP contribution in [0, 0.1) is 5.41 Å². The molecular weight excluding hydrogens is 200 g/mol. The number of aliphatic hydroxyl groups excluding tert-OH is 1. The van der Waals surface area contributed by atoms with Crippen LogP contribution in [0.2, 0.25) is 0 Å². The number of aliphatic hydroxyl groups is 1. The average Bonchev–Trinajstić information content (AvgIpc) is 2.27. The van der Waals surface area contributed by atoms with E-state index in [2.05, 4.69) is 31.1 Å². The predicted molar refractivity (Wildman–Crippen MR) is 66.1 cm³/mol. The average molecular weight is 222 g/mol. The first kappa shape index (κ1) is 13.1. The third-order valence-electron chi connectivity index (χ3n) is 2.88. The van der Waals surface area contributed by atoms with Gasteiger partial charge in [0, 0.05) is 31.6 Å². The van der Waals surface area contributed by atoms with Crippen LogP contribution in [-0.2, 0) is 0 Å². The number of hydrogen-bond acceptors (Lipinski definition) is 3. The van der Waals surface area contributed by atoms with E-state index in [9.17, 15) is 0 Å². The molecule has 0 saturated heterocycles. The van der Waals surface area contributed by atoms with Crippen LogP contribution in [0.15, 0.2) is 24.5 Å². The summed E-state index contributed by atoms with van der Waals surface area (Å²) in [6.07, 6.45) is 4.45. The highest BCUT2D eigenvalue weighted by atomic mass is 16.3. The maximum Gasteiger partial charge on any atom is 0.0436 e. The van der Waals surface area contributed by atoms with E-state index in [1.54, 1.807) is 0 Å². The van der Waals surface area contributed by atoms with E-state index in [1.807, 2.05) is 24.5 Å². The van der Waals surface area contributed by atoms with E-state index >= 15 is 0 Å². The summed E-state index contributed by atoms with van der Waals surface area (Å²) in [5.74, 6) is 0. The first-order valence-electron chi connectivity index (χ1n) is 5.79. The minimum absolute atomic E-state index is 0.135. The number of nitrogens with zero attached hydrogens (tertiary/aromatic N) is 1. The molecular formula is C13H22N2O. The molecule has 0 bridgehead atoms. The standard InChI is InChI=1S/C13H22N2O/c1-11(12-4-7-14-8-5-12)15-10-13(2,3)6-9-16/h4-5,7-8,11,15-16H,6,9-10H2,1-3H3. The Hall–Kier alpha value is -0.930. The molecule has 0 amide bonds. The quantitative estimate of drug-likeness (QED) is 0.775. The Balaban J connectivity index is 2.44. The zero-order valence-corrected chi connectivity index (χ0v) is 10.4. The van der Waals surface area contributed by atoms with Crippen molar-refractivity contribution in [1.29, 1.82) is 0 Å². The van der Waals surface area contributed by atoms with Crippen LogP contribution in [0.5, 0.6) is 0 Å². The molecule has 0 aliphatic heterocycles. The summed E-state index contributed by atoms with van der Waals surface area (Å²) >= 11 is 0. The number of hydrogen-bond donors (Lipinski definition) is 2. The summed E-state index contributed by atoms with van der Waals surface area (Å²) in [5.41, 5.74) is 1.38. The summed E-state index contributed by atoms with van der Waals surface area (Å²) in [7, 11) is 0. The molecule has 0 aliphatic carbocycles. The maximum absolute atomic E-state index is 8.95. The smallest absolute Gasteiger partial charge is 0.0436 e. The summed E-state index contributed by atoms with van der Waals surface area (Å²) < 4.78 is 0. The van der Waals surface area contributed by atoms with Gasteiger partial charge in [0.05, 0.1) is 0 Å². The third kappa shape index (κ3) is 4.29. The van der Waals surface area contributed by atoms with Crippen molar-refractivity contribution in [2.24, 2.45) is 5.41 Å². The van der Waals surface area contributed by atoms with Gasteiger partial charge < -0.3 is 10.4 Å². The Labute approximate surface area is 97.9 Å². The van der Waals surface area contributed by atoms with E-state index in [0.717, 1.165) is 13.0 Å². The number of pyridine rings is 1. The Morgan fingerprint density at radius 3 is 2.56 bits per heavy atom. The van der Waals surface area contributed by atoms with Gasteiger partial charge in [0.2, 0.25) is 0 Å². The van der Waals surface area contributed by atoms with E-state index in [-0.39, 0.29) is 12.0 Å². The van der Waals surface area contributed by atoms with Gasteiger partial charge in [-0.15, -0.1) is 0 Å². The van der Waals surface area contributed by atoms with Gasteiger partial charge >= 0.3 is 0 Å². The van der Waals surface area contributed by atoms with Crippen LogP contribution in [0.3, 0.4) is 0 Å². The zero-order valence-electron chi connectivity index (χ0n) is 10.4. The second kappa shape index (κ2) is 5.97. The molecule has 0 saturated carbocycles. The molecule has 0 spiro atoms. The van der Waals surface area contributed by atoms with E-state index in [1.165, 1.54) is 5.56 Å². The van der Waals surface area contributed by atoms with Gasteiger partial charge in [-0.25, -0.2) is 0 Å². The van der Waals surface area contributed by atoms with Crippen molar-refractivity contribution < 1.29 is 5.11 Å². The minimum atomic E-state index is 0.135. The first-order chi connectivity index (χ1) is 7.55. The fourth-order valence-corrected chi connectivity index (χ4v) is 1.59. The lowest BCUT2D eigenvalue weighted by Gasteiger charge is -2.26.